The molecule has 0 spiro atoms. The van der Waals surface area contributed by atoms with E-state index >= 15 is 0 Å². The summed E-state index contributed by atoms with van der Waals surface area (Å²) >= 11 is 5.76. The van der Waals surface area contributed by atoms with E-state index < -0.39 is 5.82 Å². The molecule has 3 N–H and O–H groups in total. The zero-order chi connectivity index (χ0) is 16.7. The summed E-state index contributed by atoms with van der Waals surface area (Å²) < 4.78 is 13.1. The van der Waals surface area contributed by atoms with E-state index in [1.165, 1.54) is 6.07 Å². The molecule has 0 unspecified atom stereocenters. The van der Waals surface area contributed by atoms with E-state index in [1.807, 2.05) is 6.92 Å². The molecular formula is C16H22ClFN4O. The Bertz CT molecular complexity index is 575. The van der Waals surface area contributed by atoms with Gasteiger partial charge in [-0.15, -0.1) is 0 Å². The minimum atomic E-state index is -0.434. The summed E-state index contributed by atoms with van der Waals surface area (Å²) in [6, 6.07) is 4.56. The van der Waals surface area contributed by atoms with Crippen molar-refractivity contribution in [2.24, 2.45) is 10.9 Å². The first kappa shape index (κ1) is 17.5. The normalized spacial score (nSPS) is 14.5. The Morgan fingerprint density at radius 1 is 1.30 bits per heavy atom. The van der Waals surface area contributed by atoms with E-state index in [4.69, 9.17) is 11.6 Å². The van der Waals surface area contributed by atoms with Crippen LogP contribution in [0.15, 0.2) is 23.2 Å². The van der Waals surface area contributed by atoms with Gasteiger partial charge in [0.1, 0.15) is 5.82 Å². The third kappa shape index (κ3) is 6.06. The van der Waals surface area contributed by atoms with Gasteiger partial charge in [-0.2, -0.15) is 0 Å². The Morgan fingerprint density at radius 2 is 2.04 bits per heavy atom. The molecule has 1 saturated carbocycles. The summed E-state index contributed by atoms with van der Waals surface area (Å²) in [7, 11) is 0. The van der Waals surface area contributed by atoms with Crippen LogP contribution in [-0.4, -0.2) is 31.5 Å². The third-order valence-corrected chi connectivity index (χ3v) is 3.70. The quantitative estimate of drug-likeness (QED) is 0.404. The summed E-state index contributed by atoms with van der Waals surface area (Å²) in [4.78, 5) is 15.9. The summed E-state index contributed by atoms with van der Waals surface area (Å²) in [5.74, 6) is 0.569. The average molecular weight is 341 g/mol. The number of hydrogen-bond acceptors (Lipinski definition) is 2. The second kappa shape index (κ2) is 8.72. The SMILES string of the molecule is CCNC(=NCc1ccc(F)c(Cl)c1)NCCNC(=O)C1CC1. The lowest BCUT2D eigenvalue weighted by molar-refractivity contribution is -0.122. The highest BCUT2D eigenvalue weighted by Crippen LogP contribution is 2.28. The smallest absolute Gasteiger partial charge is 0.223 e. The van der Waals surface area contributed by atoms with Crippen molar-refractivity contribution in [1.82, 2.24) is 16.0 Å². The summed E-state index contributed by atoms with van der Waals surface area (Å²) in [5.41, 5.74) is 0.829. The van der Waals surface area contributed by atoms with E-state index in [2.05, 4.69) is 20.9 Å². The van der Waals surface area contributed by atoms with Crippen molar-refractivity contribution in [2.75, 3.05) is 19.6 Å². The van der Waals surface area contributed by atoms with Crippen molar-refractivity contribution in [3.63, 3.8) is 0 Å². The number of nitrogens with one attached hydrogen (secondary N) is 3. The van der Waals surface area contributed by atoms with E-state index in [1.54, 1.807) is 12.1 Å². The number of benzene rings is 1. The van der Waals surface area contributed by atoms with Crippen LogP contribution >= 0.6 is 11.6 Å². The summed E-state index contributed by atoms with van der Waals surface area (Å²) in [6.45, 7) is 4.24. The molecule has 5 nitrogen and oxygen atoms in total. The van der Waals surface area contributed by atoms with Crippen LogP contribution in [0.1, 0.15) is 25.3 Å². The Morgan fingerprint density at radius 3 is 2.70 bits per heavy atom. The molecule has 1 aliphatic carbocycles. The molecule has 7 heteroatoms. The molecule has 0 bridgehead atoms. The van der Waals surface area contributed by atoms with Gasteiger partial charge in [-0.1, -0.05) is 17.7 Å². The number of carbonyl (C=O) groups is 1. The third-order valence-electron chi connectivity index (χ3n) is 3.41. The van der Waals surface area contributed by atoms with Gasteiger partial charge in [0.2, 0.25) is 5.91 Å². The lowest BCUT2D eigenvalue weighted by atomic mass is 10.2. The Hall–Kier alpha value is -1.82. The van der Waals surface area contributed by atoms with Gasteiger partial charge in [0.05, 0.1) is 11.6 Å². The second-order valence-corrected chi connectivity index (χ2v) is 5.84. The largest absolute Gasteiger partial charge is 0.357 e. The number of rotatable bonds is 7. The number of guanidine groups is 1. The first-order valence-corrected chi connectivity index (χ1v) is 8.21. The van der Waals surface area contributed by atoms with Crippen LogP contribution in [0.4, 0.5) is 4.39 Å². The van der Waals surface area contributed by atoms with Crippen LogP contribution in [0, 0.1) is 11.7 Å². The molecule has 0 atom stereocenters. The predicted molar refractivity (Wildman–Crippen MR) is 90.0 cm³/mol. The lowest BCUT2D eigenvalue weighted by Crippen LogP contribution is -2.41. The molecular weight excluding hydrogens is 319 g/mol. The molecule has 1 aliphatic rings. The van der Waals surface area contributed by atoms with Crippen molar-refractivity contribution in [1.29, 1.82) is 0 Å². The van der Waals surface area contributed by atoms with Gasteiger partial charge >= 0.3 is 0 Å². The zero-order valence-electron chi connectivity index (χ0n) is 13.2. The Balaban J connectivity index is 1.78. The fraction of sp³-hybridized carbons (Fsp3) is 0.500. The number of hydrogen-bond donors (Lipinski definition) is 3. The van der Waals surface area contributed by atoms with Crippen molar-refractivity contribution >= 4 is 23.5 Å². The van der Waals surface area contributed by atoms with Gasteiger partial charge in [0, 0.05) is 25.6 Å². The molecule has 0 heterocycles. The van der Waals surface area contributed by atoms with Crippen molar-refractivity contribution in [2.45, 2.75) is 26.3 Å². The van der Waals surface area contributed by atoms with Crippen LogP contribution in [0.3, 0.4) is 0 Å². The Labute approximate surface area is 140 Å². The number of carbonyl (C=O) groups excluding carboxylic acids is 1. The predicted octanol–water partition coefficient (Wildman–Crippen LogP) is 2.06. The number of nitrogens with zero attached hydrogens (tertiary/aromatic N) is 1. The number of aliphatic imine (C=N–C) groups is 1. The molecule has 1 amide bonds. The second-order valence-electron chi connectivity index (χ2n) is 5.44. The molecule has 0 aliphatic heterocycles. The first-order chi connectivity index (χ1) is 11.1. The average Bonchev–Trinajstić information content (AvgIpc) is 3.37. The standard InChI is InChI=1S/C16H22ClFN4O/c1-2-19-16(21-8-7-20-15(23)12-4-5-12)22-10-11-3-6-14(18)13(17)9-11/h3,6,9,12H,2,4-5,7-8,10H2,1H3,(H,20,23)(H2,19,21,22). The van der Waals surface area contributed by atoms with Gasteiger partial charge in [0.25, 0.3) is 0 Å². The van der Waals surface area contributed by atoms with E-state index in [0.29, 0.717) is 25.6 Å². The first-order valence-electron chi connectivity index (χ1n) is 7.84. The molecule has 0 aromatic heterocycles. The van der Waals surface area contributed by atoms with Crippen LogP contribution in [-0.2, 0) is 11.3 Å². The van der Waals surface area contributed by atoms with E-state index in [0.717, 1.165) is 24.9 Å². The van der Waals surface area contributed by atoms with Crippen LogP contribution in [0.25, 0.3) is 0 Å². The highest BCUT2D eigenvalue weighted by atomic mass is 35.5. The maximum Gasteiger partial charge on any atom is 0.223 e. The van der Waals surface area contributed by atoms with Gasteiger partial charge in [-0.3, -0.25) is 4.79 Å². The van der Waals surface area contributed by atoms with Gasteiger partial charge in [0.15, 0.2) is 5.96 Å². The summed E-state index contributed by atoms with van der Waals surface area (Å²) in [6.07, 6.45) is 2.01. The van der Waals surface area contributed by atoms with Crippen molar-refractivity contribution < 1.29 is 9.18 Å². The fourth-order valence-corrected chi connectivity index (χ4v) is 2.21. The number of amides is 1. The Kier molecular flexibility index (Phi) is 6.65. The van der Waals surface area contributed by atoms with Gasteiger partial charge in [-0.05, 0) is 37.5 Å². The fourth-order valence-electron chi connectivity index (χ4n) is 2.01. The van der Waals surface area contributed by atoms with E-state index in [9.17, 15) is 9.18 Å². The molecule has 0 saturated heterocycles. The molecule has 23 heavy (non-hydrogen) atoms. The van der Waals surface area contributed by atoms with Crippen LogP contribution < -0.4 is 16.0 Å². The minimum Gasteiger partial charge on any atom is -0.357 e. The van der Waals surface area contributed by atoms with E-state index in [-0.39, 0.29) is 16.8 Å². The van der Waals surface area contributed by atoms with Gasteiger partial charge < -0.3 is 16.0 Å². The monoisotopic (exact) mass is 340 g/mol. The van der Waals surface area contributed by atoms with Crippen molar-refractivity contribution in [3.05, 3.63) is 34.6 Å². The summed E-state index contributed by atoms with van der Waals surface area (Å²) in [5, 5.41) is 9.25. The maximum atomic E-state index is 13.1. The van der Waals surface area contributed by atoms with Gasteiger partial charge in [-0.25, -0.2) is 9.38 Å². The maximum absolute atomic E-state index is 13.1. The molecule has 1 aromatic rings. The molecule has 2 rings (SSSR count). The minimum absolute atomic E-state index is 0.0958. The highest BCUT2D eigenvalue weighted by Gasteiger charge is 2.28. The molecule has 126 valence electrons. The molecule has 0 radical (unpaired) electrons. The molecule has 1 aromatic carbocycles. The zero-order valence-corrected chi connectivity index (χ0v) is 13.9. The lowest BCUT2D eigenvalue weighted by Gasteiger charge is -2.12. The number of halogens is 2. The van der Waals surface area contributed by atoms with Crippen LogP contribution in [0.2, 0.25) is 5.02 Å². The topological polar surface area (TPSA) is 65.5 Å². The molecule has 1 fully saturated rings. The van der Waals surface area contributed by atoms with Crippen LogP contribution in [0.5, 0.6) is 0 Å². The highest BCUT2D eigenvalue weighted by molar-refractivity contribution is 6.30. The van der Waals surface area contributed by atoms with Crippen molar-refractivity contribution in [3.8, 4) is 0 Å².